The summed E-state index contributed by atoms with van der Waals surface area (Å²) in [6, 6.07) is 6.90. The lowest BCUT2D eigenvalue weighted by Crippen LogP contribution is -2.36. The summed E-state index contributed by atoms with van der Waals surface area (Å²) in [5.41, 5.74) is -0.998. The Hall–Kier alpha value is -1.84. The maximum atomic E-state index is 12.8. The first kappa shape index (κ1) is 18.9. The van der Waals surface area contributed by atoms with Gasteiger partial charge >= 0.3 is 6.18 Å². The topological polar surface area (TPSA) is 62.6 Å². The van der Waals surface area contributed by atoms with Gasteiger partial charge in [-0.25, -0.2) is 13.1 Å². The van der Waals surface area contributed by atoms with E-state index in [4.69, 9.17) is 4.42 Å². The van der Waals surface area contributed by atoms with Crippen molar-refractivity contribution >= 4 is 10.0 Å². The minimum Gasteiger partial charge on any atom is -0.468 e. The van der Waals surface area contributed by atoms with Crippen LogP contribution < -0.4 is 4.72 Å². The van der Waals surface area contributed by atoms with Gasteiger partial charge < -0.3 is 4.42 Å². The summed E-state index contributed by atoms with van der Waals surface area (Å²) in [6.45, 7) is 1.65. The van der Waals surface area contributed by atoms with Crippen molar-refractivity contribution in [3.8, 4) is 0 Å². The highest BCUT2D eigenvalue weighted by Gasteiger charge is 2.32. The molecule has 5 nitrogen and oxygen atoms in total. The summed E-state index contributed by atoms with van der Waals surface area (Å²) in [5, 5.41) is 0. The van der Waals surface area contributed by atoms with Crippen molar-refractivity contribution in [1.82, 2.24) is 9.62 Å². The average molecular weight is 388 g/mol. The van der Waals surface area contributed by atoms with Gasteiger partial charge in [-0.2, -0.15) is 13.2 Å². The lowest BCUT2D eigenvalue weighted by atomic mass is 10.2. The summed E-state index contributed by atoms with van der Waals surface area (Å²) in [6.07, 6.45) is -1.06. The molecule has 1 unspecified atom stereocenters. The third-order valence-electron chi connectivity index (χ3n) is 4.39. The molecule has 2 aromatic rings. The fourth-order valence-corrected chi connectivity index (χ4v) is 4.14. The highest BCUT2D eigenvalue weighted by molar-refractivity contribution is 7.89. The van der Waals surface area contributed by atoms with Gasteiger partial charge in [-0.05, 0) is 56.3 Å². The van der Waals surface area contributed by atoms with Gasteiger partial charge in [0.25, 0.3) is 0 Å². The van der Waals surface area contributed by atoms with Gasteiger partial charge in [0, 0.05) is 6.54 Å². The summed E-state index contributed by atoms with van der Waals surface area (Å²) in [4.78, 5) is 1.69. The van der Waals surface area contributed by atoms with E-state index in [1.807, 2.05) is 0 Å². The molecular formula is C17H19F3N2O3S. The molecule has 3 rings (SSSR count). The van der Waals surface area contributed by atoms with Gasteiger partial charge in [0.15, 0.2) is 0 Å². The standard InChI is InChI=1S/C17H19F3N2O3S/c18-17(19,20)13-5-3-6-14(11-13)26(23,24)21-12-15(16-7-4-10-25-16)22-8-1-2-9-22/h3-7,10-11,15,21H,1-2,8-9,12H2. The molecule has 0 saturated carbocycles. The molecule has 0 spiro atoms. The smallest absolute Gasteiger partial charge is 0.416 e. The number of hydrogen-bond acceptors (Lipinski definition) is 4. The zero-order chi connectivity index (χ0) is 18.8. The monoisotopic (exact) mass is 388 g/mol. The predicted octanol–water partition coefficient (Wildman–Crippen LogP) is 3.41. The van der Waals surface area contributed by atoms with E-state index in [1.165, 1.54) is 6.26 Å². The Balaban J connectivity index is 1.78. The Bertz CT molecular complexity index is 829. The Morgan fingerprint density at radius 1 is 1.15 bits per heavy atom. The highest BCUT2D eigenvalue weighted by atomic mass is 32.2. The van der Waals surface area contributed by atoms with Crippen molar-refractivity contribution in [2.45, 2.75) is 30.0 Å². The third-order valence-corrected chi connectivity index (χ3v) is 5.81. The fraction of sp³-hybridized carbons (Fsp3) is 0.412. The van der Waals surface area contributed by atoms with E-state index in [0.717, 1.165) is 44.1 Å². The van der Waals surface area contributed by atoms with Crippen LogP contribution in [0.1, 0.15) is 30.2 Å². The molecule has 1 aliphatic rings. The van der Waals surface area contributed by atoms with Crippen molar-refractivity contribution in [2.24, 2.45) is 0 Å². The lowest BCUT2D eigenvalue weighted by Gasteiger charge is -2.26. The molecule has 142 valence electrons. The number of furan rings is 1. The lowest BCUT2D eigenvalue weighted by molar-refractivity contribution is -0.137. The molecule has 0 bridgehead atoms. The third kappa shape index (κ3) is 4.28. The van der Waals surface area contributed by atoms with Crippen LogP contribution in [0.15, 0.2) is 52.0 Å². The molecule has 0 radical (unpaired) electrons. The second kappa shape index (κ2) is 7.42. The van der Waals surface area contributed by atoms with E-state index >= 15 is 0 Å². The summed E-state index contributed by atoms with van der Waals surface area (Å²) in [7, 11) is -4.08. The van der Waals surface area contributed by atoms with Gasteiger partial charge in [0.05, 0.1) is 22.8 Å². The molecule has 1 saturated heterocycles. The molecule has 1 aromatic carbocycles. The first-order valence-corrected chi connectivity index (χ1v) is 9.70. The number of sulfonamides is 1. The van der Waals surface area contributed by atoms with Crippen LogP contribution >= 0.6 is 0 Å². The molecule has 9 heteroatoms. The molecule has 1 aromatic heterocycles. The zero-order valence-corrected chi connectivity index (χ0v) is 14.7. The van der Waals surface area contributed by atoms with E-state index < -0.39 is 26.7 Å². The zero-order valence-electron chi connectivity index (χ0n) is 13.9. The molecule has 1 aliphatic heterocycles. The minimum absolute atomic E-state index is 0.0199. The van der Waals surface area contributed by atoms with Crippen molar-refractivity contribution in [3.63, 3.8) is 0 Å². The molecule has 1 atom stereocenters. The molecule has 0 aliphatic carbocycles. The van der Waals surface area contributed by atoms with Crippen molar-refractivity contribution in [2.75, 3.05) is 19.6 Å². The highest BCUT2D eigenvalue weighted by Crippen LogP contribution is 2.31. The van der Waals surface area contributed by atoms with E-state index in [1.54, 1.807) is 12.1 Å². The number of alkyl halides is 3. The number of hydrogen-bond donors (Lipinski definition) is 1. The van der Waals surface area contributed by atoms with E-state index in [-0.39, 0.29) is 12.6 Å². The predicted molar refractivity (Wildman–Crippen MR) is 88.9 cm³/mol. The van der Waals surface area contributed by atoms with Crippen LogP contribution in [-0.4, -0.2) is 33.0 Å². The number of rotatable bonds is 6. The number of likely N-dealkylation sites (tertiary alicyclic amines) is 1. The van der Waals surface area contributed by atoms with Crippen LogP contribution in [-0.2, 0) is 16.2 Å². The quantitative estimate of drug-likeness (QED) is 0.824. The summed E-state index contributed by atoms with van der Waals surface area (Å²) < 4.78 is 71.3. The maximum absolute atomic E-state index is 12.8. The van der Waals surface area contributed by atoms with Gasteiger partial charge in [0.2, 0.25) is 10.0 Å². The Kier molecular flexibility index (Phi) is 5.40. The largest absolute Gasteiger partial charge is 0.468 e. The molecule has 26 heavy (non-hydrogen) atoms. The second-order valence-electron chi connectivity index (χ2n) is 6.15. The summed E-state index contributed by atoms with van der Waals surface area (Å²) in [5.74, 6) is 0.624. The van der Waals surface area contributed by atoms with Crippen molar-refractivity contribution in [3.05, 3.63) is 54.0 Å². The van der Waals surface area contributed by atoms with Crippen molar-refractivity contribution in [1.29, 1.82) is 0 Å². The van der Waals surface area contributed by atoms with Crippen molar-refractivity contribution < 1.29 is 26.0 Å². The number of benzene rings is 1. The molecule has 1 fully saturated rings. The van der Waals surface area contributed by atoms with Crippen LogP contribution in [0.3, 0.4) is 0 Å². The maximum Gasteiger partial charge on any atom is 0.416 e. The van der Waals surface area contributed by atoms with E-state index in [9.17, 15) is 21.6 Å². The molecule has 0 amide bonds. The van der Waals surface area contributed by atoms with Gasteiger partial charge in [0.1, 0.15) is 5.76 Å². The molecule has 1 N–H and O–H groups in total. The Labute approximate surface area is 149 Å². The minimum atomic E-state index is -4.60. The Morgan fingerprint density at radius 2 is 1.88 bits per heavy atom. The second-order valence-corrected chi connectivity index (χ2v) is 7.92. The van der Waals surface area contributed by atoms with Gasteiger partial charge in [-0.1, -0.05) is 6.07 Å². The SMILES string of the molecule is O=S(=O)(NCC(c1ccco1)N1CCCC1)c1cccc(C(F)(F)F)c1. The van der Waals surface area contributed by atoms with Crippen LogP contribution in [0.25, 0.3) is 0 Å². The number of nitrogens with zero attached hydrogens (tertiary/aromatic N) is 1. The van der Waals surface area contributed by atoms with Crippen LogP contribution in [0.4, 0.5) is 13.2 Å². The van der Waals surface area contributed by atoms with Gasteiger partial charge in [-0.15, -0.1) is 0 Å². The van der Waals surface area contributed by atoms with Crippen LogP contribution in [0.5, 0.6) is 0 Å². The Morgan fingerprint density at radius 3 is 2.50 bits per heavy atom. The van der Waals surface area contributed by atoms with Crippen LogP contribution in [0.2, 0.25) is 0 Å². The molecule has 2 heterocycles. The number of halogens is 3. The van der Waals surface area contributed by atoms with Crippen LogP contribution in [0, 0.1) is 0 Å². The average Bonchev–Trinajstić information content (AvgIpc) is 3.28. The van der Waals surface area contributed by atoms with E-state index in [2.05, 4.69) is 9.62 Å². The number of nitrogens with one attached hydrogen (secondary N) is 1. The first-order valence-electron chi connectivity index (χ1n) is 8.22. The summed E-state index contributed by atoms with van der Waals surface area (Å²) >= 11 is 0. The fourth-order valence-electron chi connectivity index (χ4n) is 3.06. The molecular weight excluding hydrogens is 369 g/mol. The first-order chi connectivity index (χ1) is 12.3. The van der Waals surface area contributed by atoms with Gasteiger partial charge in [-0.3, -0.25) is 4.90 Å². The van der Waals surface area contributed by atoms with E-state index in [0.29, 0.717) is 11.8 Å². The normalized spacial score (nSPS) is 17.5.